The molecular weight excluding hydrogens is 318 g/mol. The van der Waals surface area contributed by atoms with Crippen LogP contribution in [0.15, 0.2) is 53.7 Å². The molecule has 2 aromatic carbocycles. The van der Waals surface area contributed by atoms with Gasteiger partial charge in [0.1, 0.15) is 24.5 Å². The zero-order valence-electron chi connectivity index (χ0n) is 11.6. The summed E-state index contributed by atoms with van der Waals surface area (Å²) in [6.45, 7) is 0.459. The Morgan fingerprint density at radius 3 is 3.05 bits per heavy atom. The predicted octanol–water partition coefficient (Wildman–Crippen LogP) is 4.11. The molecule has 0 atom stereocenters. The highest BCUT2D eigenvalue weighted by molar-refractivity contribution is 7.98. The fourth-order valence-corrected chi connectivity index (χ4v) is 3.56. The van der Waals surface area contributed by atoms with E-state index in [9.17, 15) is 0 Å². The number of fused-ring (bicyclic) bond motifs is 3. The minimum atomic E-state index is 0.459. The fraction of sp³-hybridized carbons (Fsp3) is 0.125. The van der Waals surface area contributed by atoms with Gasteiger partial charge in [0.25, 0.3) is 0 Å². The quantitative estimate of drug-likeness (QED) is 0.725. The zero-order chi connectivity index (χ0) is 14.9. The number of nitrogens with zero attached hydrogens (tertiary/aromatic N) is 3. The summed E-state index contributed by atoms with van der Waals surface area (Å²) in [6.07, 6.45) is 1.75. The van der Waals surface area contributed by atoms with Gasteiger partial charge in [0.2, 0.25) is 0 Å². The summed E-state index contributed by atoms with van der Waals surface area (Å²) in [5, 5.41) is 8.80. The van der Waals surface area contributed by atoms with Crippen molar-refractivity contribution in [2.24, 2.45) is 0 Å². The molecule has 0 spiro atoms. The van der Waals surface area contributed by atoms with Crippen LogP contribution in [0.2, 0.25) is 5.02 Å². The number of hydrogen-bond donors (Lipinski definition) is 0. The van der Waals surface area contributed by atoms with Crippen molar-refractivity contribution in [1.29, 1.82) is 0 Å². The first kappa shape index (κ1) is 13.7. The monoisotopic (exact) mass is 329 g/mol. The molecule has 0 amide bonds. The first-order chi connectivity index (χ1) is 10.8. The van der Waals surface area contributed by atoms with Crippen LogP contribution in [0.3, 0.4) is 0 Å². The van der Waals surface area contributed by atoms with Gasteiger partial charge in [-0.1, -0.05) is 29.8 Å². The Bertz CT molecular complexity index is 834. The Morgan fingerprint density at radius 2 is 2.14 bits per heavy atom. The fourth-order valence-electron chi connectivity index (χ4n) is 2.38. The Morgan fingerprint density at radius 1 is 1.23 bits per heavy atom. The van der Waals surface area contributed by atoms with Crippen molar-refractivity contribution in [3.8, 4) is 11.4 Å². The van der Waals surface area contributed by atoms with Crippen molar-refractivity contribution < 1.29 is 4.74 Å². The second-order valence-electron chi connectivity index (χ2n) is 4.92. The van der Waals surface area contributed by atoms with Crippen molar-refractivity contribution in [3.05, 3.63) is 65.2 Å². The minimum Gasteiger partial charge on any atom is -0.489 e. The van der Waals surface area contributed by atoms with Gasteiger partial charge in [0.05, 0.1) is 11.4 Å². The lowest BCUT2D eigenvalue weighted by atomic mass is 10.2. The standard InChI is InChI=1S/C16H12ClN3OS/c17-13-4-2-1-3-11(13)8-21-12-5-6-14-15(7-12)22-9-16-19-18-10-20(14)16/h1-7,10H,8-9H2. The summed E-state index contributed by atoms with van der Waals surface area (Å²) in [5.74, 6) is 2.63. The highest BCUT2D eigenvalue weighted by Gasteiger charge is 2.18. The lowest BCUT2D eigenvalue weighted by Crippen LogP contribution is -2.06. The van der Waals surface area contributed by atoms with Crippen molar-refractivity contribution in [2.45, 2.75) is 17.3 Å². The molecule has 0 N–H and O–H groups in total. The number of halogens is 1. The Hall–Kier alpha value is -1.98. The lowest BCUT2D eigenvalue weighted by molar-refractivity contribution is 0.305. The van der Waals surface area contributed by atoms with E-state index >= 15 is 0 Å². The third-order valence-corrected chi connectivity index (χ3v) is 4.93. The Labute approximate surface area is 137 Å². The third-order valence-electron chi connectivity index (χ3n) is 3.52. The Kier molecular flexibility index (Phi) is 3.52. The SMILES string of the molecule is Clc1ccccc1COc1ccc2c(c1)SCc1nncn1-2. The summed E-state index contributed by atoms with van der Waals surface area (Å²) in [4.78, 5) is 1.17. The topological polar surface area (TPSA) is 39.9 Å². The molecule has 22 heavy (non-hydrogen) atoms. The molecule has 110 valence electrons. The molecule has 0 saturated heterocycles. The molecule has 0 radical (unpaired) electrons. The van der Waals surface area contributed by atoms with Gasteiger partial charge in [0, 0.05) is 15.5 Å². The van der Waals surface area contributed by atoms with Crippen LogP contribution in [0.1, 0.15) is 11.4 Å². The number of ether oxygens (including phenoxy) is 1. The van der Waals surface area contributed by atoms with E-state index in [0.29, 0.717) is 6.61 Å². The Balaban J connectivity index is 1.57. The van der Waals surface area contributed by atoms with E-state index in [1.807, 2.05) is 41.0 Å². The molecule has 0 fully saturated rings. The predicted molar refractivity (Wildman–Crippen MR) is 86.7 cm³/mol. The van der Waals surface area contributed by atoms with Gasteiger partial charge in [-0.25, -0.2) is 0 Å². The number of rotatable bonds is 3. The largest absolute Gasteiger partial charge is 0.489 e. The lowest BCUT2D eigenvalue weighted by Gasteiger charge is -2.18. The molecule has 0 unspecified atom stereocenters. The first-order valence-corrected chi connectivity index (χ1v) is 8.20. The average Bonchev–Trinajstić information content (AvgIpc) is 3.03. The summed E-state index contributed by atoms with van der Waals surface area (Å²) >= 11 is 7.89. The molecular formula is C16H12ClN3OS. The molecule has 1 aromatic heterocycles. The molecule has 2 heterocycles. The van der Waals surface area contributed by atoms with Crippen LogP contribution >= 0.6 is 23.4 Å². The summed E-state index contributed by atoms with van der Waals surface area (Å²) in [7, 11) is 0. The van der Waals surface area contributed by atoms with Crippen molar-refractivity contribution in [3.63, 3.8) is 0 Å². The smallest absolute Gasteiger partial charge is 0.147 e. The van der Waals surface area contributed by atoms with Gasteiger partial charge in [-0.2, -0.15) is 0 Å². The second kappa shape index (κ2) is 5.66. The molecule has 1 aliphatic heterocycles. The molecule has 0 bridgehead atoms. The normalized spacial score (nSPS) is 12.6. The van der Waals surface area contributed by atoms with Crippen LogP contribution in [-0.2, 0) is 12.4 Å². The van der Waals surface area contributed by atoms with E-state index < -0.39 is 0 Å². The van der Waals surface area contributed by atoms with E-state index in [1.165, 1.54) is 4.90 Å². The zero-order valence-corrected chi connectivity index (χ0v) is 13.1. The minimum absolute atomic E-state index is 0.459. The highest BCUT2D eigenvalue weighted by atomic mass is 35.5. The second-order valence-corrected chi connectivity index (χ2v) is 6.34. The van der Waals surface area contributed by atoms with Crippen molar-refractivity contribution in [2.75, 3.05) is 0 Å². The van der Waals surface area contributed by atoms with Gasteiger partial charge in [-0.05, 0) is 24.3 Å². The number of thioether (sulfide) groups is 1. The van der Waals surface area contributed by atoms with Crippen LogP contribution in [0.5, 0.6) is 5.75 Å². The molecule has 1 aliphatic rings. The summed E-state index contributed by atoms with van der Waals surface area (Å²) < 4.78 is 7.89. The summed E-state index contributed by atoms with van der Waals surface area (Å²) in [6, 6.07) is 13.8. The van der Waals surface area contributed by atoms with Crippen molar-refractivity contribution >= 4 is 23.4 Å². The van der Waals surface area contributed by atoms with Crippen LogP contribution < -0.4 is 4.74 Å². The average molecular weight is 330 g/mol. The van der Waals surface area contributed by atoms with E-state index in [4.69, 9.17) is 16.3 Å². The third kappa shape index (κ3) is 2.46. The molecule has 0 aliphatic carbocycles. The maximum Gasteiger partial charge on any atom is 0.147 e. The maximum absolute atomic E-state index is 6.15. The molecule has 3 aromatic rings. The highest BCUT2D eigenvalue weighted by Crippen LogP contribution is 2.36. The van der Waals surface area contributed by atoms with Gasteiger partial charge in [0.15, 0.2) is 0 Å². The molecule has 0 saturated carbocycles. The molecule has 6 heteroatoms. The number of benzene rings is 2. The van der Waals surface area contributed by atoms with Gasteiger partial charge in [-0.15, -0.1) is 22.0 Å². The first-order valence-electron chi connectivity index (χ1n) is 6.83. The van der Waals surface area contributed by atoms with Crippen LogP contribution in [0.25, 0.3) is 5.69 Å². The van der Waals surface area contributed by atoms with Gasteiger partial charge < -0.3 is 4.74 Å². The van der Waals surface area contributed by atoms with E-state index in [0.717, 1.165) is 33.6 Å². The molecule has 4 nitrogen and oxygen atoms in total. The van der Waals surface area contributed by atoms with E-state index in [1.54, 1.807) is 18.1 Å². The van der Waals surface area contributed by atoms with Crippen LogP contribution in [0, 0.1) is 0 Å². The molecule has 4 rings (SSSR count). The number of hydrogen-bond acceptors (Lipinski definition) is 4. The van der Waals surface area contributed by atoms with E-state index in [2.05, 4.69) is 16.3 Å². The van der Waals surface area contributed by atoms with Crippen molar-refractivity contribution in [1.82, 2.24) is 14.8 Å². The van der Waals surface area contributed by atoms with Gasteiger partial charge in [-0.3, -0.25) is 4.57 Å². The van der Waals surface area contributed by atoms with Crippen LogP contribution in [-0.4, -0.2) is 14.8 Å². The van der Waals surface area contributed by atoms with Crippen LogP contribution in [0.4, 0.5) is 0 Å². The number of aromatic nitrogens is 3. The van der Waals surface area contributed by atoms with E-state index in [-0.39, 0.29) is 0 Å². The van der Waals surface area contributed by atoms with Gasteiger partial charge >= 0.3 is 0 Å². The summed E-state index contributed by atoms with van der Waals surface area (Å²) in [5.41, 5.74) is 2.08. The maximum atomic E-state index is 6.15.